The van der Waals surface area contributed by atoms with Gasteiger partial charge in [0.2, 0.25) is 0 Å². The largest absolute Gasteiger partial charge is 0.255 e. The number of hydrogen-bond acceptors (Lipinski definition) is 1. The molecule has 4 atom stereocenters. The Labute approximate surface area is 130 Å². The molecule has 0 spiro atoms. The van der Waals surface area contributed by atoms with Gasteiger partial charge in [0.25, 0.3) is 0 Å². The molecule has 3 fully saturated rings. The van der Waals surface area contributed by atoms with E-state index in [2.05, 4.69) is 42.6 Å². The highest BCUT2D eigenvalue weighted by Gasteiger charge is 2.49. The maximum atomic E-state index is 4.92. The van der Waals surface area contributed by atoms with Crippen molar-refractivity contribution >= 4 is 21.7 Å². The fraction of sp³-hybridized carbons (Fsp3) is 0.381. The van der Waals surface area contributed by atoms with Crippen LogP contribution in [0.3, 0.4) is 0 Å². The summed E-state index contributed by atoms with van der Waals surface area (Å²) in [6.45, 7) is 0. The maximum absolute atomic E-state index is 4.92. The Hall–Kier alpha value is -1.89. The second kappa shape index (κ2) is 3.90. The van der Waals surface area contributed by atoms with Crippen molar-refractivity contribution in [3.63, 3.8) is 0 Å². The minimum Gasteiger partial charge on any atom is -0.255 e. The van der Waals surface area contributed by atoms with Gasteiger partial charge in [-0.3, -0.25) is 4.98 Å². The summed E-state index contributed by atoms with van der Waals surface area (Å²) in [5.41, 5.74) is 4.49. The highest BCUT2D eigenvalue weighted by atomic mass is 14.7. The van der Waals surface area contributed by atoms with Gasteiger partial charge in [0.05, 0.1) is 5.52 Å². The highest BCUT2D eigenvalue weighted by molar-refractivity contribution is 6.06. The first-order valence-electron chi connectivity index (χ1n) is 8.70. The first kappa shape index (κ1) is 11.6. The zero-order chi connectivity index (χ0) is 14.3. The molecule has 8 rings (SSSR count). The van der Waals surface area contributed by atoms with Crippen molar-refractivity contribution in [2.24, 2.45) is 11.8 Å². The van der Waals surface area contributed by atoms with Crippen LogP contribution in [-0.4, -0.2) is 4.98 Å². The van der Waals surface area contributed by atoms with E-state index in [0.717, 1.165) is 23.7 Å². The van der Waals surface area contributed by atoms with E-state index < -0.39 is 0 Å². The molecule has 1 nitrogen and oxygen atoms in total. The fourth-order valence-electron chi connectivity index (χ4n) is 5.85. The molecule has 4 bridgehead atoms. The summed E-state index contributed by atoms with van der Waals surface area (Å²) in [4.78, 5) is 4.92. The van der Waals surface area contributed by atoms with Gasteiger partial charge in [0.1, 0.15) is 0 Å². The molecular weight excluding hydrogens is 266 g/mol. The third-order valence-corrected chi connectivity index (χ3v) is 6.76. The Bertz CT molecular complexity index is 926. The third kappa shape index (κ3) is 1.29. The lowest BCUT2D eigenvalue weighted by atomic mass is 9.51. The number of fused-ring (bicyclic) bond motifs is 4. The van der Waals surface area contributed by atoms with E-state index in [1.54, 1.807) is 11.1 Å². The molecule has 5 aliphatic rings. The summed E-state index contributed by atoms with van der Waals surface area (Å²) in [6, 6.07) is 13.3. The molecule has 1 heteroatoms. The Morgan fingerprint density at radius 3 is 2.50 bits per heavy atom. The van der Waals surface area contributed by atoms with E-state index in [1.165, 1.54) is 47.4 Å². The maximum Gasteiger partial charge on any atom is 0.0783 e. The van der Waals surface area contributed by atoms with Gasteiger partial charge < -0.3 is 0 Å². The van der Waals surface area contributed by atoms with Crippen molar-refractivity contribution in [3.05, 3.63) is 53.7 Å². The molecule has 3 unspecified atom stereocenters. The van der Waals surface area contributed by atoms with Crippen molar-refractivity contribution < 1.29 is 0 Å². The van der Waals surface area contributed by atoms with Gasteiger partial charge in [0.15, 0.2) is 0 Å². The molecule has 2 aromatic carbocycles. The van der Waals surface area contributed by atoms with Crippen LogP contribution < -0.4 is 0 Å². The lowest BCUT2D eigenvalue weighted by Gasteiger charge is -2.53. The quantitative estimate of drug-likeness (QED) is 0.505. The number of rotatable bonds is 0. The van der Waals surface area contributed by atoms with Crippen LogP contribution in [0.1, 0.15) is 48.6 Å². The van der Waals surface area contributed by atoms with Crippen LogP contribution in [0.15, 0.2) is 42.6 Å². The van der Waals surface area contributed by atoms with Crippen molar-refractivity contribution in [1.82, 2.24) is 4.98 Å². The SMILES string of the molecule is c1ccc2c(c1)ccc1c3c(cnc12)C1C[C@@H]2CCC1CC32. The van der Waals surface area contributed by atoms with Gasteiger partial charge in [-0.05, 0) is 65.9 Å². The fourth-order valence-corrected chi connectivity index (χ4v) is 5.85. The summed E-state index contributed by atoms with van der Waals surface area (Å²) in [7, 11) is 0. The van der Waals surface area contributed by atoms with E-state index >= 15 is 0 Å². The van der Waals surface area contributed by atoms with E-state index in [4.69, 9.17) is 4.98 Å². The molecule has 108 valence electrons. The molecule has 0 saturated heterocycles. The molecule has 1 heterocycles. The topological polar surface area (TPSA) is 12.9 Å². The van der Waals surface area contributed by atoms with Crippen LogP contribution in [-0.2, 0) is 0 Å². The number of nitrogens with zero attached hydrogens (tertiary/aromatic N) is 1. The Morgan fingerprint density at radius 1 is 0.818 bits per heavy atom. The molecule has 0 aliphatic heterocycles. The number of aromatic nitrogens is 1. The Morgan fingerprint density at radius 2 is 1.64 bits per heavy atom. The normalized spacial score (nSPS) is 31.8. The summed E-state index contributed by atoms with van der Waals surface area (Å²) in [6.07, 6.45) is 8.02. The van der Waals surface area contributed by atoms with Crippen molar-refractivity contribution in [2.45, 2.75) is 37.5 Å². The van der Waals surface area contributed by atoms with E-state index in [-0.39, 0.29) is 0 Å². The average molecular weight is 285 g/mol. The molecule has 0 amide bonds. The lowest BCUT2D eigenvalue weighted by molar-refractivity contribution is 0.0969. The van der Waals surface area contributed by atoms with Gasteiger partial charge in [-0.1, -0.05) is 36.4 Å². The van der Waals surface area contributed by atoms with Gasteiger partial charge in [0, 0.05) is 17.0 Å². The minimum absolute atomic E-state index is 0.808. The zero-order valence-corrected chi connectivity index (χ0v) is 12.6. The van der Waals surface area contributed by atoms with Crippen LogP contribution in [0.25, 0.3) is 21.7 Å². The van der Waals surface area contributed by atoms with E-state index in [0.29, 0.717) is 0 Å². The van der Waals surface area contributed by atoms with E-state index in [9.17, 15) is 0 Å². The first-order chi connectivity index (χ1) is 10.9. The monoisotopic (exact) mass is 285 g/mol. The summed E-state index contributed by atoms with van der Waals surface area (Å²) < 4.78 is 0. The van der Waals surface area contributed by atoms with Crippen LogP contribution in [0.2, 0.25) is 0 Å². The predicted molar refractivity (Wildman–Crippen MR) is 90.2 cm³/mol. The molecule has 3 saturated carbocycles. The van der Waals surface area contributed by atoms with Crippen LogP contribution in [0.5, 0.6) is 0 Å². The summed E-state index contributed by atoms with van der Waals surface area (Å²) in [5, 5.41) is 4.07. The molecule has 5 aliphatic carbocycles. The van der Waals surface area contributed by atoms with Gasteiger partial charge in [-0.25, -0.2) is 0 Å². The predicted octanol–water partition coefficient (Wildman–Crippen LogP) is 5.39. The van der Waals surface area contributed by atoms with Crippen LogP contribution >= 0.6 is 0 Å². The first-order valence-corrected chi connectivity index (χ1v) is 8.70. The number of hydrogen-bond donors (Lipinski definition) is 0. The number of pyridine rings is 1. The number of benzene rings is 2. The molecule has 22 heavy (non-hydrogen) atoms. The minimum atomic E-state index is 0.808. The Kier molecular flexibility index (Phi) is 2.06. The van der Waals surface area contributed by atoms with Gasteiger partial charge in [-0.15, -0.1) is 0 Å². The second-order valence-electron chi connectivity index (χ2n) is 7.59. The van der Waals surface area contributed by atoms with Crippen molar-refractivity contribution in [3.8, 4) is 0 Å². The van der Waals surface area contributed by atoms with E-state index in [1.807, 2.05) is 0 Å². The summed E-state index contributed by atoms with van der Waals surface area (Å²) >= 11 is 0. The zero-order valence-electron chi connectivity index (χ0n) is 12.6. The lowest BCUT2D eigenvalue weighted by Crippen LogP contribution is -2.40. The standard InChI is InChI=1S/C21H19N/c1-2-4-15-12(3-1)7-8-16-20-18-10-13-5-6-14(18)9-17(13)19(20)11-22-21(15)16/h1-4,7-8,11,13-14,17-18H,5-6,9-10H2/t13?,14-,17?,18?/m0/s1. The summed E-state index contributed by atoms with van der Waals surface area (Å²) in [5.74, 6) is 3.51. The van der Waals surface area contributed by atoms with Crippen LogP contribution in [0.4, 0.5) is 0 Å². The molecule has 3 aromatic rings. The second-order valence-corrected chi connectivity index (χ2v) is 7.59. The molecule has 0 radical (unpaired) electrons. The smallest absolute Gasteiger partial charge is 0.0783 e. The van der Waals surface area contributed by atoms with Gasteiger partial charge in [-0.2, -0.15) is 0 Å². The van der Waals surface area contributed by atoms with Gasteiger partial charge >= 0.3 is 0 Å². The molecule has 1 aromatic heterocycles. The Balaban J connectivity index is 1.73. The van der Waals surface area contributed by atoms with Crippen molar-refractivity contribution in [1.29, 1.82) is 0 Å². The average Bonchev–Trinajstić information content (AvgIpc) is 2.61. The van der Waals surface area contributed by atoms with Crippen molar-refractivity contribution in [2.75, 3.05) is 0 Å². The van der Waals surface area contributed by atoms with Crippen LogP contribution in [0, 0.1) is 11.8 Å². The molecule has 0 N–H and O–H groups in total. The highest BCUT2D eigenvalue weighted by Crippen LogP contribution is 2.62. The molecular formula is C21H19N. The third-order valence-electron chi connectivity index (χ3n) is 6.76.